The largest absolute Gasteiger partial charge is 0.454 e. The maximum absolute atomic E-state index is 12.3. The van der Waals surface area contributed by atoms with Gasteiger partial charge in [0, 0.05) is 5.56 Å². The summed E-state index contributed by atoms with van der Waals surface area (Å²) in [6.45, 7) is -0.933. The number of alkyl halides is 2. The molecule has 1 heterocycles. The lowest BCUT2D eigenvalue weighted by molar-refractivity contribution is 0.0719. The average molecular weight is 257 g/mol. The monoisotopic (exact) mass is 257 g/mol. The Morgan fingerprint density at radius 3 is 2.78 bits per heavy atom. The van der Waals surface area contributed by atoms with Crippen LogP contribution in [0.3, 0.4) is 0 Å². The summed E-state index contributed by atoms with van der Waals surface area (Å²) in [5.41, 5.74) is 0.333. The van der Waals surface area contributed by atoms with Gasteiger partial charge in [0.1, 0.15) is 0 Å². The first-order valence-electron chi connectivity index (χ1n) is 5.60. The minimum atomic E-state index is -2.71. The fourth-order valence-corrected chi connectivity index (χ4v) is 1.78. The van der Waals surface area contributed by atoms with Crippen LogP contribution >= 0.6 is 0 Å². The Hall–Kier alpha value is -1.69. The predicted octanol–water partition coefficient (Wildman–Crippen LogP) is 2.19. The van der Waals surface area contributed by atoms with Crippen molar-refractivity contribution in [3.05, 3.63) is 23.8 Å². The van der Waals surface area contributed by atoms with Crippen molar-refractivity contribution in [1.82, 2.24) is 5.32 Å². The molecule has 1 atom stereocenters. The second-order valence-electron chi connectivity index (χ2n) is 3.86. The van der Waals surface area contributed by atoms with Crippen LogP contribution in [0.5, 0.6) is 11.5 Å². The molecule has 4 nitrogen and oxygen atoms in total. The van der Waals surface area contributed by atoms with Crippen LogP contribution in [-0.2, 0) is 0 Å². The summed E-state index contributed by atoms with van der Waals surface area (Å²) < 4.78 is 34.8. The van der Waals surface area contributed by atoms with Crippen molar-refractivity contribution >= 4 is 5.78 Å². The molecule has 0 aromatic heterocycles. The number of ketones is 1. The third-order valence-electron chi connectivity index (χ3n) is 2.71. The quantitative estimate of drug-likeness (QED) is 0.649. The molecule has 0 amide bonds. The number of Topliss-reactive ketones (excluding diaryl/α,β-unsaturated/α-hetero) is 1. The highest BCUT2D eigenvalue weighted by atomic mass is 19.3. The number of hydrogen-bond donors (Lipinski definition) is 1. The van der Waals surface area contributed by atoms with E-state index in [1.807, 2.05) is 5.32 Å². The third-order valence-corrected chi connectivity index (χ3v) is 2.71. The zero-order chi connectivity index (χ0) is 13.1. The molecular formula is C12H13F2NO3. The fourth-order valence-electron chi connectivity index (χ4n) is 1.78. The summed E-state index contributed by atoms with van der Waals surface area (Å²) in [5.74, 6) is 0.644. The molecule has 1 unspecified atom stereocenters. The minimum Gasteiger partial charge on any atom is -0.454 e. The first-order chi connectivity index (χ1) is 8.61. The Bertz CT molecular complexity index is 451. The predicted molar refractivity (Wildman–Crippen MR) is 60.1 cm³/mol. The van der Waals surface area contributed by atoms with Crippen LogP contribution in [-0.4, -0.2) is 25.2 Å². The van der Waals surface area contributed by atoms with Crippen LogP contribution in [0.25, 0.3) is 0 Å². The van der Waals surface area contributed by atoms with E-state index in [-0.39, 0.29) is 19.0 Å². The van der Waals surface area contributed by atoms with E-state index in [0.717, 1.165) is 0 Å². The van der Waals surface area contributed by atoms with Crippen LogP contribution in [0.1, 0.15) is 23.7 Å². The van der Waals surface area contributed by atoms with Gasteiger partial charge in [-0.15, -0.1) is 0 Å². The second-order valence-corrected chi connectivity index (χ2v) is 3.86. The number of ether oxygens (including phenoxy) is 2. The van der Waals surface area contributed by atoms with Crippen molar-refractivity contribution in [1.29, 1.82) is 0 Å². The summed E-state index contributed by atoms with van der Waals surface area (Å²) in [7, 11) is 0. The lowest BCUT2D eigenvalue weighted by Crippen LogP contribution is -2.39. The van der Waals surface area contributed by atoms with Crippen molar-refractivity contribution < 1.29 is 23.0 Å². The number of nitrogens with one attached hydrogen (secondary N) is 1. The minimum absolute atomic E-state index is 0.111. The third kappa shape index (κ3) is 2.59. The molecule has 0 saturated heterocycles. The molecule has 0 fully saturated rings. The highest BCUT2D eigenvalue weighted by Gasteiger charge is 2.23. The summed E-state index contributed by atoms with van der Waals surface area (Å²) in [6.07, 6.45) is 0.289. The molecule has 6 heteroatoms. The number of hydrogen-bond acceptors (Lipinski definition) is 4. The summed E-state index contributed by atoms with van der Waals surface area (Å²) in [4.78, 5) is 12.0. The zero-order valence-corrected chi connectivity index (χ0v) is 9.78. The molecule has 0 radical (unpaired) electrons. The van der Waals surface area contributed by atoms with Crippen LogP contribution in [0, 0.1) is 0 Å². The maximum atomic E-state index is 12.3. The van der Waals surface area contributed by atoms with Crippen molar-refractivity contribution in [3.63, 3.8) is 0 Å². The van der Waals surface area contributed by atoms with Gasteiger partial charge in [-0.25, -0.2) is 0 Å². The van der Waals surface area contributed by atoms with E-state index in [1.54, 1.807) is 19.1 Å². The number of benzene rings is 1. The highest BCUT2D eigenvalue weighted by Crippen LogP contribution is 2.32. The average Bonchev–Trinajstić information content (AvgIpc) is 2.81. The van der Waals surface area contributed by atoms with E-state index < -0.39 is 12.6 Å². The Morgan fingerprint density at radius 1 is 1.39 bits per heavy atom. The molecule has 1 aromatic rings. The summed E-state index contributed by atoms with van der Waals surface area (Å²) in [6, 6.07) is 3.77. The SMILES string of the molecule is CCC(NC(F)F)C(=O)c1ccc2c(c1)OCO2. The Morgan fingerprint density at radius 2 is 2.11 bits per heavy atom. The molecule has 2 rings (SSSR count). The number of carbonyl (C=O) groups excluding carboxylic acids is 1. The zero-order valence-electron chi connectivity index (χ0n) is 9.78. The Balaban J connectivity index is 2.17. The van der Waals surface area contributed by atoms with Gasteiger partial charge in [0.15, 0.2) is 17.3 Å². The van der Waals surface area contributed by atoms with Crippen molar-refractivity contribution in [2.45, 2.75) is 25.9 Å². The Labute approximate surface area is 103 Å². The van der Waals surface area contributed by atoms with Crippen LogP contribution in [0.2, 0.25) is 0 Å². The van der Waals surface area contributed by atoms with Gasteiger partial charge in [-0.2, -0.15) is 8.78 Å². The van der Waals surface area contributed by atoms with Gasteiger partial charge in [-0.1, -0.05) is 6.92 Å². The fraction of sp³-hybridized carbons (Fsp3) is 0.417. The highest BCUT2D eigenvalue weighted by molar-refractivity contribution is 6.00. The van der Waals surface area contributed by atoms with Crippen LogP contribution < -0.4 is 14.8 Å². The topological polar surface area (TPSA) is 47.6 Å². The molecule has 0 saturated carbocycles. The number of halogens is 2. The van der Waals surface area contributed by atoms with Gasteiger partial charge in [-0.05, 0) is 24.6 Å². The first-order valence-corrected chi connectivity index (χ1v) is 5.60. The molecule has 0 spiro atoms. The molecule has 0 bridgehead atoms. The van der Waals surface area contributed by atoms with E-state index in [2.05, 4.69) is 0 Å². The molecule has 18 heavy (non-hydrogen) atoms. The molecular weight excluding hydrogens is 244 g/mol. The van der Waals surface area contributed by atoms with E-state index in [9.17, 15) is 13.6 Å². The Kier molecular flexibility index (Phi) is 3.76. The molecule has 1 aliphatic heterocycles. The smallest absolute Gasteiger partial charge is 0.292 e. The van der Waals surface area contributed by atoms with Gasteiger partial charge >= 0.3 is 0 Å². The molecule has 98 valence electrons. The van der Waals surface area contributed by atoms with E-state index in [0.29, 0.717) is 17.1 Å². The summed E-state index contributed by atoms with van der Waals surface area (Å²) in [5, 5.41) is 1.94. The van der Waals surface area contributed by atoms with Crippen molar-refractivity contribution in [3.8, 4) is 11.5 Å². The van der Waals surface area contributed by atoms with E-state index in [4.69, 9.17) is 9.47 Å². The summed E-state index contributed by atoms with van der Waals surface area (Å²) >= 11 is 0. The van der Waals surface area contributed by atoms with E-state index in [1.165, 1.54) is 6.07 Å². The van der Waals surface area contributed by atoms with E-state index >= 15 is 0 Å². The lowest BCUT2D eigenvalue weighted by Gasteiger charge is -2.15. The number of carbonyl (C=O) groups is 1. The molecule has 1 aliphatic rings. The van der Waals surface area contributed by atoms with Crippen LogP contribution in [0.15, 0.2) is 18.2 Å². The molecule has 1 aromatic carbocycles. The maximum Gasteiger partial charge on any atom is 0.292 e. The van der Waals surface area contributed by atoms with Gasteiger partial charge in [0.25, 0.3) is 6.55 Å². The van der Waals surface area contributed by atoms with Gasteiger partial charge in [-0.3, -0.25) is 10.1 Å². The number of fused-ring (bicyclic) bond motifs is 1. The van der Waals surface area contributed by atoms with Crippen molar-refractivity contribution in [2.24, 2.45) is 0 Å². The van der Waals surface area contributed by atoms with Gasteiger partial charge in [0.05, 0.1) is 6.04 Å². The molecule has 1 N–H and O–H groups in total. The lowest BCUT2D eigenvalue weighted by atomic mass is 10.0. The van der Waals surface area contributed by atoms with Gasteiger partial charge in [0.2, 0.25) is 6.79 Å². The standard InChI is InChI=1S/C12H13F2NO3/c1-2-8(15-12(13)14)11(16)7-3-4-9-10(5-7)18-6-17-9/h3-5,8,12,15H,2,6H2,1H3. The van der Waals surface area contributed by atoms with Crippen molar-refractivity contribution in [2.75, 3.05) is 6.79 Å². The first kappa shape index (κ1) is 12.8. The van der Waals surface area contributed by atoms with Crippen LogP contribution in [0.4, 0.5) is 8.78 Å². The second kappa shape index (κ2) is 5.30. The molecule has 0 aliphatic carbocycles. The number of rotatable bonds is 5. The van der Waals surface area contributed by atoms with Gasteiger partial charge < -0.3 is 9.47 Å². The normalized spacial score (nSPS) is 14.9.